The highest BCUT2D eigenvalue weighted by Crippen LogP contribution is 2.31. The molecule has 0 aliphatic carbocycles. The third kappa shape index (κ3) is 1.95. The Bertz CT molecular complexity index is 516. The highest BCUT2D eigenvalue weighted by molar-refractivity contribution is 6.35. The fraction of sp³-hybridized carbons (Fsp3) is 0.385. The van der Waals surface area contributed by atoms with Crippen LogP contribution in [0.1, 0.15) is 23.8 Å². The Morgan fingerprint density at radius 2 is 2.06 bits per heavy atom. The minimum atomic E-state index is 0.695. The molecule has 86 valence electrons. The van der Waals surface area contributed by atoms with E-state index in [1.165, 1.54) is 5.56 Å². The van der Waals surface area contributed by atoms with Gasteiger partial charge in [-0.2, -0.15) is 0 Å². The quantitative estimate of drug-likeness (QED) is 0.878. The number of nitrogens with one attached hydrogen (secondary N) is 1. The summed E-state index contributed by atoms with van der Waals surface area (Å²) < 4.78 is 5.79. The number of benzene rings is 1. The van der Waals surface area contributed by atoms with Crippen LogP contribution in [0, 0.1) is 13.8 Å². The SMILES string of the molecule is CCNCc1oc2c(Cl)cc(C)cc2c1C. The van der Waals surface area contributed by atoms with Crippen LogP contribution < -0.4 is 5.32 Å². The monoisotopic (exact) mass is 237 g/mol. The number of halogens is 1. The molecule has 0 aliphatic rings. The Morgan fingerprint density at radius 1 is 1.31 bits per heavy atom. The highest BCUT2D eigenvalue weighted by Gasteiger charge is 2.12. The van der Waals surface area contributed by atoms with E-state index in [0.717, 1.165) is 35.4 Å². The molecule has 1 aromatic carbocycles. The lowest BCUT2D eigenvalue weighted by atomic mass is 10.1. The molecular formula is C13H16ClNO. The zero-order chi connectivity index (χ0) is 11.7. The van der Waals surface area contributed by atoms with E-state index in [-0.39, 0.29) is 0 Å². The van der Waals surface area contributed by atoms with Crippen molar-refractivity contribution in [1.29, 1.82) is 0 Å². The molecule has 2 rings (SSSR count). The molecule has 0 bridgehead atoms. The maximum absolute atomic E-state index is 6.17. The molecule has 0 atom stereocenters. The number of hydrogen-bond acceptors (Lipinski definition) is 2. The first-order chi connectivity index (χ1) is 7.63. The molecule has 0 amide bonds. The van der Waals surface area contributed by atoms with Gasteiger partial charge >= 0.3 is 0 Å². The molecule has 2 nitrogen and oxygen atoms in total. The Hall–Kier alpha value is -0.990. The fourth-order valence-corrected chi connectivity index (χ4v) is 2.18. The van der Waals surface area contributed by atoms with Crippen molar-refractivity contribution in [3.05, 3.63) is 34.0 Å². The molecule has 0 aliphatic heterocycles. The normalized spacial score (nSPS) is 11.2. The Morgan fingerprint density at radius 3 is 2.75 bits per heavy atom. The van der Waals surface area contributed by atoms with Crippen LogP contribution in [0.25, 0.3) is 11.0 Å². The zero-order valence-corrected chi connectivity index (χ0v) is 10.6. The number of rotatable bonds is 3. The van der Waals surface area contributed by atoms with Crippen LogP contribution >= 0.6 is 11.6 Å². The van der Waals surface area contributed by atoms with Gasteiger partial charge in [0.05, 0.1) is 11.6 Å². The van der Waals surface area contributed by atoms with Crippen LogP contribution in [0.15, 0.2) is 16.5 Å². The third-order valence-electron chi connectivity index (χ3n) is 2.77. The van der Waals surface area contributed by atoms with Gasteiger partial charge in [0, 0.05) is 5.39 Å². The average molecular weight is 238 g/mol. The van der Waals surface area contributed by atoms with Crippen molar-refractivity contribution < 1.29 is 4.42 Å². The molecule has 16 heavy (non-hydrogen) atoms. The van der Waals surface area contributed by atoms with E-state index in [1.54, 1.807) is 0 Å². The van der Waals surface area contributed by atoms with Crippen LogP contribution in [0.3, 0.4) is 0 Å². The molecule has 0 unspecified atom stereocenters. The lowest BCUT2D eigenvalue weighted by Gasteiger charge is -1.98. The average Bonchev–Trinajstić information content (AvgIpc) is 2.54. The van der Waals surface area contributed by atoms with Crippen molar-refractivity contribution in [1.82, 2.24) is 5.32 Å². The number of fused-ring (bicyclic) bond motifs is 1. The summed E-state index contributed by atoms with van der Waals surface area (Å²) in [5.74, 6) is 0.976. The van der Waals surface area contributed by atoms with Crippen LogP contribution in [-0.2, 0) is 6.54 Å². The zero-order valence-electron chi connectivity index (χ0n) is 9.86. The van der Waals surface area contributed by atoms with E-state index in [0.29, 0.717) is 5.02 Å². The Labute approximate surface area is 101 Å². The molecule has 3 heteroatoms. The molecule has 1 heterocycles. The van der Waals surface area contributed by atoms with Crippen LogP contribution in [0.4, 0.5) is 0 Å². The van der Waals surface area contributed by atoms with Crippen molar-refractivity contribution in [2.24, 2.45) is 0 Å². The minimum absolute atomic E-state index is 0.695. The van der Waals surface area contributed by atoms with Gasteiger partial charge in [0.2, 0.25) is 0 Å². The molecule has 0 spiro atoms. The van der Waals surface area contributed by atoms with Crippen molar-refractivity contribution in [2.75, 3.05) is 6.54 Å². The van der Waals surface area contributed by atoms with Gasteiger partial charge in [-0.3, -0.25) is 0 Å². The molecule has 2 aromatic rings. The Balaban J connectivity index is 2.54. The summed E-state index contributed by atoms with van der Waals surface area (Å²) in [6.07, 6.45) is 0. The van der Waals surface area contributed by atoms with Crippen molar-refractivity contribution >= 4 is 22.6 Å². The summed E-state index contributed by atoms with van der Waals surface area (Å²) in [5.41, 5.74) is 3.15. The van der Waals surface area contributed by atoms with Gasteiger partial charge in [-0.15, -0.1) is 0 Å². The summed E-state index contributed by atoms with van der Waals surface area (Å²) in [6, 6.07) is 4.05. The summed E-state index contributed by atoms with van der Waals surface area (Å²) >= 11 is 6.17. The van der Waals surface area contributed by atoms with Gasteiger partial charge in [0.15, 0.2) is 5.58 Å². The summed E-state index contributed by atoms with van der Waals surface area (Å²) in [6.45, 7) is 7.89. The van der Waals surface area contributed by atoms with Gasteiger partial charge < -0.3 is 9.73 Å². The highest BCUT2D eigenvalue weighted by atomic mass is 35.5. The fourth-order valence-electron chi connectivity index (χ4n) is 1.87. The lowest BCUT2D eigenvalue weighted by molar-refractivity contribution is 0.516. The first kappa shape index (κ1) is 11.5. The lowest BCUT2D eigenvalue weighted by Crippen LogP contribution is -2.11. The predicted molar refractivity (Wildman–Crippen MR) is 68.1 cm³/mol. The van der Waals surface area contributed by atoms with Crippen molar-refractivity contribution in [3.63, 3.8) is 0 Å². The van der Waals surface area contributed by atoms with Gasteiger partial charge in [0.25, 0.3) is 0 Å². The molecule has 0 fully saturated rings. The second-order valence-corrected chi connectivity index (χ2v) is 4.46. The van der Waals surface area contributed by atoms with Gasteiger partial charge in [-0.05, 0) is 43.7 Å². The second kappa shape index (κ2) is 4.48. The number of aryl methyl sites for hydroxylation is 2. The Kier molecular flexibility index (Phi) is 3.22. The second-order valence-electron chi connectivity index (χ2n) is 4.05. The topological polar surface area (TPSA) is 25.2 Å². The van der Waals surface area contributed by atoms with Crippen molar-refractivity contribution in [2.45, 2.75) is 27.3 Å². The molecular weight excluding hydrogens is 222 g/mol. The minimum Gasteiger partial charge on any atom is -0.458 e. The first-order valence-electron chi connectivity index (χ1n) is 5.52. The van der Waals surface area contributed by atoms with E-state index in [4.69, 9.17) is 16.0 Å². The van der Waals surface area contributed by atoms with Gasteiger partial charge in [-0.1, -0.05) is 18.5 Å². The molecule has 0 radical (unpaired) electrons. The molecule has 1 N–H and O–H groups in total. The van der Waals surface area contributed by atoms with Crippen LogP contribution in [-0.4, -0.2) is 6.54 Å². The van der Waals surface area contributed by atoms with Gasteiger partial charge in [0.1, 0.15) is 5.76 Å². The van der Waals surface area contributed by atoms with E-state index in [2.05, 4.69) is 25.2 Å². The maximum Gasteiger partial charge on any atom is 0.153 e. The number of furan rings is 1. The van der Waals surface area contributed by atoms with Gasteiger partial charge in [-0.25, -0.2) is 0 Å². The predicted octanol–water partition coefficient (Wildman–Crippen LogP) is 3.81. The van der Waals surface area contributed by atoms with Crippen LogP contribution in [0.2, 0.25) is 5.02 Å². The summed E-state index contributed by atoms with van der Waals surface area (Å²) in [5, 5.41) is 5.08. The molecule has 1 aromatic heterocycles. The summed E-state index contributed by atoms with van der Waals surface area (Å²) in [4.78, 5) is 0. The largest absolute Gasteiger partial charge is 0.458 e. The molecule has 0 saturated heterocycles. The van der Waals surface area contributed by atoms with Crippen molar-refractivity contribution in [3.8, 4) is 0 Å². The first-order valence-corrected chi connectivity index (χ1v) is 5.90. The smallest absolute Gasteiger partial charge is 0.153 e. The maximum atomic E-state index is 6.17. The van der Waals surface area contributed by atoms with E-state index in [1.807, 2.05) is 13.0 Å². The molecule has 0 saturated carbocycles. The van der Waals surface area contributed by atoms with Crippen LogP contribution in [0.5, 0.6) is 0 Å². The number of hydrogen-bond donors (Lipinski definition) is 1. The third-order valence-corrected chi connectivity index (χ3v) is 3.05. The van der Waals surface area contributed by atoms with E-state index >= 15 is 0 Å². The summed E-state index contributed by atoms with van der Waals surface area (Å²) in [7, 11) is 0. The van der Waals surface area contributed by atoms with E-state index < -0.39 is 0 Å². The van der Waals surface area contributed by atoms with E-state index in [9.17, 15) is 0 Å². The standard InChI is InChI=1S/C13H16ClNO/c1-4-15-7-12-9(3)10-5-8(2)6-11(14)13(10)16-12/h5-6,15H,4,7H2,1-3H3.